The molecule has 10 heteroatoms. The van der Waals surface area contributed by atoms with E-state index in [1.807, 2.05) is 26.8 Å². The lowest BCUT2D eigenvalue weighted by Crippen LogP contribution is -2.48. The van der Waals surface area contributed by atoms with E-state index in [4.69, 9.17) is 9.26 Å². The number of aryl methyl sites for hydroxylation is 1. The van der Waals surface area contributed by atoms with Crippen molar-refractivity contribution in [2.45, 2.75) is 70.3 Å². The SMILES string of the molecule is Cc1ccc(-c2cn([C@H]3C[C@H](Cc4cc(C(C)(C)C)on4)O[C@H](CO)[C@@H]3O)nn2)c(F)c1F. The molecule has 1 aliphatic heterocycles. The zero-order valence-electron chi connectivity index (χ0n) is 19.0. The summed E-state index contributed by atoms with van der Waals surface area (Å²) in [5.41, 5.74) is 0.840. The Hall–Kier alpha value is -2.69. The fourth-order valence-corrected chi connectivity index (χ4v) is 3.99. The lowest BCUT2D eigenvalue weighted by atomic mass is 9.91. The van der Waals surface area contributed by atoms with Crippen LogP contribution in [-0.4, -0.2) is 55.3 Å². The summed E-state index contributed by atoms with van der Waals surface area (Å²) in [7, 11) is 0. The van der Waals surface area contributed by atoms with E-state index in [0.29, 0.717) is 18.5 Å². The third kappa shape index (κ3) is 4.68. The number of rotatable bonds is 5. The highest BCUT2D eigenvalue weighted by molar-refractivity contribution is 5.59. The topological polar surface area (TPSA) is 106 Å². The summed E-state index contributed by atoms with van der Waals surface area (Å²) >= 11 is 0. The minimum Gasteiger partial charge on any atom is -0.394 e. The Morgan fingerprint density at radius 1 is 1.21 bits per heavy atom. The van der Waals surface area contributed by atoms with E-state index in [0.717, 1.165) is 5.76 Å². The lowest BCUT2D eigenvalue weighted by Gasteiger charge is -2.38. The van der Waals surface area contributed by atoms with Crippen LogP contribution in [0.4, 0.5) is 8.78 Å². The molecule has 1 aromatic carbocycles. The van der Waals surface area contributed by atoms with Crippen LogP contribution in [0.15, 0.2) is 28.9 Å². The van der Waals surface area contributed by atoms with Crippen molar-refractivity contribution < 1.29 is 28.3 Å². The van der Waals surface area contributed by atoms with Crippen LogP contribution in [-0.2, 0) is 16.6 Å². The van der Waals surface area contributed by atoms with Crippen molar-refractivity contribution in [2.24, 2.45) is 0 Å². The van der Waals surface area contributed by atoms with Crippen molar-refractivity contribution in [3.05, 3.63) is 53.0 Å². The number of halogens is 2. The Morgan fingerprint density at radius 2 is 1.97 bits per heavy atom. The molecule has 0 unspecified atom stereocenters. The van der Waals surface area contributed by atoms with Crippen LogP contribution in [0.3, 0.4) is 0 Å². The molecule has 8 nitrogen and oxygen atoms in total. The van der Waals surface area contributed by atoms with Crippen molar-refractivity contribution in [1.29, 1.82) is 0 Å². The third-order valence-corrected chi connectivity index (χ3v) is 5.96. The van der Waals surface area contributed by atoms with Gasteiger partial charge in [-0.15, -0.1) is 5.10 Å². The van der Waals surface area contributed by atoms with Gasteiger partial charge in [0, 0.05) is 23.5 Å². The van der Waals surface area contributed by atoms with Gasteiger partial charge in [-0.3, -0.25) is 0 Å². The maximum absolute atomic E-state index is 14.4. The summed E-state index contributed by atoms with van der Waals surface area (Å²) in [5, 5.41) is 32.6. The Kier molecular flexibility index (Phi) is 6.35. The first kappa shape index (κ1) is 23.5. The molecule has 0 spiro atoms. The van der Waals surface area contributed by atoms with Crippen LogP contribution in [0.1, 0.15) is 50.3 Å². The summed E-state index contributed by atoms with van der Waals surface area (Å²) in [6.45, 7) is 7.15. The van der Waals surface area contributed by atoms with Crippen LogP contribution < -0.4 is 0 Å². The Balaban J connectivity index is 1.57. The summed E-state index contributed by atoms with van der Waals surface area (Å²) in [5.74, 6) is -1.19. The first-order chi connectivity index (χ1) is 15.6. The fourth-order valence-electron chi connectivity index (χ4n) is 3.99. The molecular formula is C23H28F2N4O4. The van der Waals surface area contributed by atoms with Crippen LogP contribution in [0, 0.1) is 18.6 Å². The largest absolute Gasteiger partial charge is 0.394 e. The fraction of sp³-hybridized carbons (Fsp3) is 0.522. The first-order valence-corrected chi connectivity index (χ1v) is 10.9. The predicted octanol–water partition coefficient (Wildman–Crippen LogP) is 3.11. The highest BCUT2D eigenvalue weighted by Crippen LogP contribution is 2.33. The number of hydrogen-bond acceptors (Lipinski definition) is 7. The number of benzene rings is 1. The monoisotopic (exact) mass is 462 g/mol. The van der Waals surface area contributed by atoms with E-state index in [1.165, 1.54) is 29.9 Å². The van der Waals surface area contributed by atoms with Gasteiger partial charge in [-0.1, -0.05) is 37.2 Å². The number of aromatic nitrogens is 4. The number of nitrogens with zero attached hydrogens (tertiary/aromatic N) is 4. The highest BCUT2D eigenvalue weighted by Gasteiger charge is 2.39. The van der Waals surface area contributed by atoms with Gasteiger partial charge in [-0.25, -0.2) is 13.5 Å². The molecule has 0 amide bonds. The number of aliphatic hydroxyl groups is 2. The maximum atomic E-state index is 14.4. The highest BCUT2D eigenvalue weighted by atomic mass is 19.2. The molecule has 2 aromatic heterocycles. The average molecular weight is 462 g/mol. The number of ether oxygens (including phenoxy) is 1. The van der Waals surface area contributed by atoms with Crippen LogP contribution >= 0.6 is 0 Å². The van der Waals surface area contributed by atoms with Gasteiger partial charge in [-0.05, 0) is 25.0 Å². The van der Waals surface area contributed by atoms with Gasteiger partial charge in [0.25, 0.3) is 0 Å². The summed E-state index contributed by atoms with van der Waals surface area (Å²) < 4.78 is 41.2. The van der Waals surface area contributed by atoms with Crippen molar-refractivity contribution in [3.63, 3.8) is 0 Å². The summed E-state index contributed by atoms with van der Waals surface area (Å²) in [6, 6.07) is 4.20. The molecule has 1 aliphatic rings. The molecule has 178 valence electrons. The molecule has 0 aliphatic carbocycles. The van der Waals surface area contributed by atoms with Crippen LogP contribution in [0.25, 0.3) is 11.3 Å². The second-order valence-corrected chi connectivity index (χ2v) is 9.55. The quantitative estimate of drug-likeness (QED) is 0.600. The molecule has 4 rings (SSSR count). The van der Waals surface area contributed by atoms with E-state index in [1.54, 1.807) is 0 Å². The number of hydrogen-bond donors (Lipinski definition) is 2. The molecule has 4 atom stereocenters. The van der Waals surface area contributed by atoms with Crippen molar-refractivity contribution >= 4 is 0 Å². The molecule has 0 radical (unpaired) electrons. The molecule has 3 heterocycles. The molecule has 1 fully saturated rings. The minimum atomic E-state index is -1.07. The van der Waals surface area contributed by atoms with Crippen molar-refractivity contribution in [3.8, 4) is 11.3 Å². The van der Waals surface area contributed by atoms with Gasteiger partial charge in [0.15, 0.2) is 11.6 Å². The van der Waals surface area contributed by atoms with Gasteiger partial charge in [0.1, 0.15) is 23.7 Å². The van der Waals surface area contributed by atoms with Gasteiger partial charge < -0.3 is 19.5 Å². The van der Waals surface area contributed by atoms with Gasteiger partial charge >= 0.3 is 0 Å². The van der Waals surface area contributed by atoms with Gasteiger partial charge in [-0.2, -0.15) is 0 Å². The van der Waals surface area contributed by atoms with E-state index < -0.39 is 29.9 Å². The second-order valence-electron chi connectivity index (χ2n) is 9.55. The van der Waals surface area contributed by atoms with E-state index in [-0.39, 0.29) is 34.9 Å². The first-order valence-electron chi connectivity index (χ1n) is 10.9. The molecular weight excluding hydrogens is 434 g/mol. The van der Waals surface area contributed by atoms with Gasteiger partial charge in [0.05, 0.1) is 30.6 Å². The van der Waals surface area contributed by atoms with E-state index >= 15 is 0 Å². The predicted molar refractivity (Wildman–Crippen MR) is 114 cm³/mol. The minimum absolute atomic E-state index is 0.0153. The molecule has 2 N–H and O–H groups in total. The molecule has 1 saturated heterocycles. The third-order valence-electron chi connectivity index (χ3n) is 5.96. The normalized spacial score (nSPS) is 23.8. The van der Waals surface area contributed by atoms with Crippen molar-refractivity contribution in [1.82, 2.24) is 20.2 Å². The molecule has 0 bridgehead atoms. The molecule has 33 heavy (non-hydrogen) atoms. The smallest absolute Gasteiger partial charge is 0.168 e. The van der Waals surface area contributed by atoms with E-state index in [9.17, 15) is 19.0 Å². The zero-order chi connectivity index (χ0) is 23.9. The van der Waals surface area contributed by atoms with E-state index in [2.05, 4.69) is 15.5 Å². The summed E-state index contributed by atoms with van der Waals surface area (Å²) in [6.07, 6.45) is -0.0609. The Labute approximate surface area is 190 Å². The number of aliphatic hydroxyl groups excluding tert-OH is 2. The Bertz CT molecular complexity index is 1120. The maximum Gasteiger partial charge on any atom is 0.168 e. The van der Waals surface area contributed by atoms with Crippen molar-refractivity contribution in [2.75, 3.05) is 6.61 Å². The lowest BCUT2D eigenvalue weighted by molar-refractivity contribution is -0.155. The standard InChI is InChI=1S/C23H28F2N4O4/c1-12-5-6-15(21(25)20(12)24)16-10-29(28-26-16)17-9-14(32-18(11-30)22(17)31)7-13-8-19(33-27-13)23(2,3)4/h5-6,8,10,14,17-18,22,30-31H,7,9,11H2,1-4H3/t14-,17-,18+,22+/m0/s1. The van der Waals surface area contributed by atoms with Crippen LogP contribution in [0.5, 0.6) is 0 Å². The van der Waals surface area contributed by atoms with Crippen LogP contribution in [0.2, 0.25) is 0 Å². The summed E-state index contributed by atoms with van der Waals surface area (Å²) in [4.78, 5) is 0. The zero-order valence-corrected chi connectivity index (χ0v) is 19.0. The van der Waals surface area contributed by atoms with Gasteiger partial charge in [0.2, 0.25) is 0 Å². The second kappa shape index (κ2) is 8.92. The molecule has 3 aromatic rings. The average Bonchev–Trinajstić information content (AvgIpc) is 3.43. The molecule has 0 saturated carbocycles. The Morgan fingerprint density at radius 3 is 2.64 bits per heavy atom.